The smallest absolute Gasteiger partial charge is 0.271 e. The predicted molar refractivity (Wildman–Crippen MR) is 124 cm³/mol. The lowest BCUT2D eigenvalue weighted by Crippen LogP contribution is -2.23. The number of anilines is 1. The first-order chi connectivity index (χ1) is 15.3. The number of aryl methyl sites for hydroxylation is 1. The highest BCUT2D eigenvalue weighted by atomic mass is 32.2. The molecule has 0 aliphatic heterocycles. The fraction of sp³-hybridized carbons (Fsp3) is 0.318. The topological polar surface area (TPSA) is 112 Å². The molecule has 0 radical (unpaired) electrons. The van der Waals surface area contributed by atoms with Crippen LogP contribution in [0, 0.1) is 17.0 Å². The molecule has 1 N–H and O–H groups in total. The van der Waals surface area contributed by atoms with Crippen molar-refractivity contribution in [2.75, 3.05) is 12.4 Å². The van der Waals surface area contributed by atoms with Gasteiger partial charge in [0.1, 0.15) is 5.75 Å². The van der Waals surface area contributed by atoms with Gasteiger partial charge in [-0.25, -0.2) is 0 Å². The fourth-order valence-corrected chi connectivity index (χ4v) is 4.03. The monoisotopic (exact) mass is 455 g/mol. The number of non-ortho nitro benzene ring substituents is 1. The highest BCUT2D eigenvalue weighted by Crippen LogP contribution is 2.31. The molecule has 2 aromatic carbocycles. The van der Waals surface area contributed by atoms with E-state index in [2.05, 4.69) is 28.5 Å². The lowest BCUT2D eigenvalue weighted by Gasteiger charge is -2.15. The number of hydrogen-bond donors (Lipinski definition) is 1. The van der Waals surface area contributed by atoms with Crippen LogP contribution < -0.4 is 10.1 Å². The molecule has 3 rings (SSSR count). The number of carbonyl (C=O) groups excluding carboxylic acids is 1. The number of methoxy groups -OCH3 is 1. The van der Waals surface area contributed by atoms with Crippen molar-refractivity contribution in [3.8, 4) is 17.1 Å². The molecule has 0 fully saturated rings. The number of ether oxygens (including phenoxy) is 1. The van der Waals surface area contributed by atoms with Crippen LogP contribution in [0.1, 0.15) is 25.8 Å². The van der Waals surface area contributed by atoms with E-state index in [-0.39, 0.29) is 17.3 Å². The molecule has 32 heavy (non-hydrogen) atoms. The quantitative estimate of drug-likeness (QED) is 0.283. The molecule has 0 spiro atoms. The first-order valence-corrected chi connectivity index (χ1v) is 11.0. The zero-order chi connectivity index (χ0) is 23.3. The predicted octanol–water partition coefficient (Wildman–Crippen LogP) is 4.70. The summed E-state index contributed by atoms with van der Waals surface area (Å²) in [5.41, 5.74) is 2.21. The molecule has 1 unspecified atom stereocenters. The molecule has 1 aromatic heterocycles. The molecule has 3 aromatic rings. The van der Waals surface area contributed by atoms with Crippen molar-refractivity contribution < 1.29 is 14.5 Å². The van der Waals surface area contributed by atoms with Gasteiger partial charge in [0.25, 0.3) is 5.69 Å². The van der Waals surface area contributed by atoms with E-state index in [1.807, 2.05) is 29.7 Å². The van der Waals surface area contributed by atoms with E-state index < -0.39 is 10.2 Å². The number of rotatable bonds is 9. The van der Waals surface area contributed by atoms with Gasteiger partial charge in [-0.3, -0.25) is 14.9 Å². The Labute approximate surface area is 190 Å². The molecule has 168 valence electrons. The third kappa shape index (κ3) is 5.25. The fourth-order valence-electron chi connectivity index (χ4n) is 3.15. The summed E-state index contributed by atoms with van der Waals surface area (Å²) in [6.07, 6.45) is 0.885. The lowest BCUT2D eigenvalue weighted by molar-refractivity contribution is -0.384. The van der Waals surface area contributed by atoms with E-state index in [0.29, 0.717) is 17.5 Å². The minimum atomic E-state index is -0.524. The summed E-state index contributed by atoms with van der Waals surface area (Å²) in [6.45, 7) is 6.56. The summed E-state index contributed by atoms with van der Waals surface area (Å²) < 4.78 is 7.23. The number of carbonyl (C=O) groups is 1. The molecular weight excluding hydrogens is 430 g/mol. The lowest BCUT2D eigenvalue weighted by atomic mass is 10.1. The van der Waals surface area contributed by atoms with Gasteiger partial charge in [-0.1, -0.05) is 42.4 Å². The standard InChI is InChI=1S/C22H25N5O4S/c1-5-11-26-20(16-8-6-7-14(2)12-16)24-25-22(26)32-15(3)21(28)23-18-13-17(27(29)30)9-10-19(18)31-4/h6-10,12-13,15H,5,11H2,1-4H3,(H,23,28). The Hall–Kier alpha value is -3.40. The average Bonchev–Trinajstić information content (AvgIpc) is 3.16. The van der Waals surface area contributed by atoms with Gasteiger partial charge in [-0.05, 0) is 32.4 Å². The molecule has 0 saturated heterocycles. The zero-order valence-corrected chi connectivity index (χ0v) is 19.2. The Bertz CT molecular complexity index is 1130. The van der Waals surface area contributed by atoms with E-state index in [4.69, 9.17) is 4.74 Å². The Kier molecular flexibility index (Phi) is 7.47. The Morgan fingerprint density at radius 2 is 2.06 bits per heavy atom. The average molecular weight is 456 g/mol. The summed E-state index contributed by atoms with van der Waals surface area (Å²) in [7, 11) is 1.44. The maximum absolute atomic E-state index is 12.8. The maximum Gasteiger partial charge on any atom is 0.271 e. The largest absolute Gasteiger partial charge is 0.495 e. The highest BCUT2D eigenvalue weighted by Gasteiger charge is 2.22. The highest BCUT2D eigenvalue weighted by molar-refractivity contribution is 8.00. The number of thioether (sulfide) groups is 1. The van der Waals surface area contributed by atoms with E-state index in [1.165, 1.54) is 37.1 Å². The summed E-state index contributed by atoms with van der Waals surface area (Å²) in [4.78, 5) is 23.4. The van der Waals surface area contributed by atoms with E-state index in [0.717, 1.165) is 23.4 Å². The van der Waals surface area contributed by atoms with Gasteiger partial charge >= 0.3 is 0 Å². The van der Waals surface area contributed by atoms with Crippen molar-refractivity contribution in [2.45, 2.75) is 44.1 Å². The molecule has 9 nitrogen and oxygen atoms in total. The molecule has 1 amide bonds. The number of amides is 1. The first kappa shape index (κ1) is 23.3. The van der Waals surface area contributed by atoms with Crippen LogP contribution in [0.15, 0.2) is 47.6 Å². The van der Waals surface area contributed by atoms with Crippen LogP contribution in [0.2, 0.25) is 0 Å². The van der Waals surface area contributed by atoms with Crippen LogP contribution in [0.4, 0.5) is 11.4 Å². The number of hydrogen-bond acceptors (Lipinski definition) is 7. The molecule has 1 atom stereocenters. The van der Waals surface area contributed by atoms with Gasteiger partial charge in [-0.15, -0.1) is 10.2 Å². The zero-order valence-electron chi connectivity index (χ0n) is 18.4. The Morgan fingerprint density at radius 3 is 2.72 bits per heavy atom. The Morgan fingerprint density at radius 1 is 1.28 bits per heavy atom. The van der Waals surface area contributed by atoms with Crippen LogP contribution in [0.25, 0.3) is 11.4 Å². The van der Waals surface area contributed by atoms with Crippen LogP contribution >= 0.6 is 11.8 Å². The number of nitrogens with one attached hydrogen (secondary N) is 1. The van der Waals surface area contributed by atoms with E-state index in [1.54, 1.807) is 6.92 Å². The second-order valence-corrected chi connectivity index (χ2v) is 8.53. The van der Waals surface area contributed by atoms with Gasteiger partial charge in [0, 0.05) is 24.2 Å². The van der Waals surface area contributed by atoms with Crippen molar-refractivity contribution >= 4 is 29.0 Å². The Balaban J connectivity index is 1.81. The van der Waals surface area contributed by atoms with Crippen LogP contribution in [-0.2, 0) is 11.3 Å². The SMILES string of the molecule is CCCn1c(SC(C)C(=O)Nc2cc([N+](=O)[O-])ccc2OC)nnc1-c1cccc(C)c1. The second-order valence-electron chi connectivity index (χ2n) is 7.22. The number of nitrogens with zero attached hydrogens (tertiary/aromatic N) is 4. The number of aromatic nitrogens is 3. The molecule has 0 saturated carbocycles. The number of nitro groups is 1. The third-order valence-corrected chi connectivity index (χ3v) is 5.82. The number of nitro benzene ring substituents is 1. The third-order valence-electron chi connectivity index (χ3n) is 4.74. The van der Waals surface area contributed by atoms with E-state index in [9.17, 15) is 14.9 Å². The summed E-state index contributed by atoms with van der Waals surface area (Å²) >= 11 is 1.28. The van der Waals surface area contributed by atoms with Crippen molar-refractivity contribution in [1.29, 1.82) is 0 Å². The second kappa shape index (κ2) is 10.3. The van der Waals surface area contributed by atoms with Crippen molar-refractivity contribution in [1.82, 2.24) is 14.8 Å². The normalized spacial score (nSPS) is 11.8. The van der Waals surface area contributed by atoms with Gasteiger partial charge in [0.15, 0.2) is 11.0 Å². The molecule has 0 aliphatic rings. The molecule has 1 heterocycles. The van der Waals surface area contributed by atoms with Gasteiger partial charge in [0.2, 0.25) is 5.91 Å². The summed E-state index contributed by atoms with van der Waals surface area (Å²) in [5, 5.41) is 22.6. The number of benzene rings is 2. The van der Waals surface area contributed by atoms with E-state index >= 15 is 0 Å². The summed E-state index contributed by atoms with van der Waals surface area (Å²) in [6, 6.07) is 12.1. The molecule has 10 heteroatoms. The van der Waals surface area contributed by atoms with Gasteiger partial charge < -0.3 is 14.6 Å². The van der Waals surface area contributed by atoms with Gasteiger partial charge in [-0.2, -0.15) is 0 Å². The molecular formula is C22H25N5O4S. The first-order valence-electron chi connectivity index (χ1n) is 10.1. The van der Waals surface area contributed by atoms with Crippen LogP contribution in [0.5, 0.6) is 5.75 Å². The maximum atomic E-state index is 12.8. The minimum Gasteiger partial charge on any atom is -0.495 e. The minimum absolute atomic E-state index is 0.133. The van der Waals surface area contributed by atoms with Crippen molar-refractivity contribution in [2.24, 2.45) is 0 Å². The van der Waals surface area contributed by atoms with Gasteiger partial charge in [0.05, 0.1) is 23.0 Å². The molecule has 0 bridgehead atoms. The molecule has 0 aliphatic carbocycles. The summed E-state index contributed by atoms with van der Waals surface area (Å²) in [5.74, 6) is 0.778. The van der Waals surface area contributed by atoms with Crippen LogP contribution in [0.3, 0.4) is 0 Å². The van der Waals surface area contributed by atoms with Crippen molar-refractivity contribution in [3.05, 3.63) is 58.1 Å². The van der Waals surface area contributed by atoms with Crippen LogP contribution in [-0.4, -0.2) is 38.0 Å². The van der Waals surface area contributed by atoms with Crippen molar-refractivity contribution in [3.63, 3.8) is 0 Å².